The Morgan fingerprint density at radius 3 is 1.03 bits per heavy atom. The van der Waals surface area contributed by atoms with E-state index in [0.717, 1.165) is 109 Å². The van der Waals surface area contributed by atoms with Crippen LogP contribution in [0.5, 0.6) is 0 Å². The summed E-state index contributed by atoms with van der Waals surface area (Å²) in [5.41, 5.74) is 5.38. The van der Waals surface area contributed by atoms with E-state index in [4.69, 9.17) is 24.3 Å². The maximum Gasteiger partial charge on any atom is 0.472 e. The number of allylic oxidation sites excluding steroid dienone is 16. The van der Waals surface area contributed by atoms with E-state index in [1.807, 2.05) is 0 Å². The summed E-state index contributed by atoms with van der Waals surface area (Å²) >= 11 is 0. The van der Waals surface area contributed by atoms with Crippen molar-refractivity contribution in [2.75, 3.05) is 26.4 Å². The van der Waals surface area contributed by atoms with Crippen LogP contribution >= 0.6 is 7.82 Å². The molecule has 0 radical (unpaired) electrons. The average Bonchev–Trinajstić information content (AvgIpc) is 3.40. The maximum absolute atomic E-state index is 12.7. The van der Waals surface area contributed by atoms with Gasteiger partial charge in [-0.25, -0.2) is 4.57 Å². The van der Waals surface area contributed by atoms with Gasteiger partial charge in [-0.2, -0.15) is 0 Å². The number of unbranched alkanes of at least 4 members (excludes halogenated alkanes) is 28. The van der Waals surface area contributed by atoms with E-state index in [2.05, 4.69) is 111 Å². The van der Waals surface area contributed by atoms with Gasteiger partial charge < -0.3 is 20.1 Å². The minimum Gasteiger partial charge on any atom is -0.462 e. The predicted molar refractivity (Wildman–Crippen MR) is 321 cm³/mol. The van der Waals surface area contributed by atoms with Crippen molar-refractivity contribution in [1.82, 2.24) is 0 Å². The van der Waals surface area contributed by atoms with Crippen LogP contribution in [0, 0.1) is 0 Å². The molecule has 2 unspecified atom stereocenters. The minimum atomic E-state index is -4.40. The van der Waals surface area contributed by atoms with E-state index in [-0.39, 0.29) is 32.6 Å². The first-order valence-electron chi connectivity index (χ1n) is 30.7. The molecule has 0 spiro atoms. The van der Waals surface area contributed by atoms with E-state index < -0.39 is 32.5 Å². The molecule has 0 heterocycles. The van der Waals surface area contributed by atoms with Crippen molar-refractivity contribution in [3.05, 3.63) is 97.2 Å². The van der Waals surface area contributed by atoms with Crippen LogP contribution in [0.1, 0.15) is 271 Å². The summed E-state index contributed by atoms with van der Waals surface area (Å²) < 4.78 is 33.0. The van der Waals surface area contributed by atoms with Gasteiger partial charge in [-0.05, 0) is 89.9 Å². The van der Waals surface area contributed by atoms with Crippen LogP contribution in [0.25, 0.3) is 0 Å². The number of nitrogens with two attached hydrogens (primary N) is 1. The molecule has 0 aromatic rings. The van der Waals surface area contributed by atoms with Gasteiger partial charge in [-0.3, -0.25) is 18.6 Å². The Kier molecular flexibility index (Phi) is 57.7. The number of esters is 2. The fourth-order valence-corrected chi connectivity index (χ4v) is 9.27. The highest BCUT2D eigenvalue weighted by Gasteiger charge is 2.26. The molecule has 9 nitrogen and oxygen atoms in total. The second-order valence-corrected chi connectivity index (χ2v) is 21.6. The fraction of sp³-hybridized carbons (Fsp3) is 0.723. The molecule has 0 aromatic carbocycles. The molecule has 0 aromatic heterocycles. The summed E-state index contributed by atoms with van der Waals surface area (Å²) in [5.74, 6) is -0.839. The van der Waals surface area contributed by atoms with Crippen molar-refractivity contribution in [2.45, 2.75) is 277 Å². The number of rotatable bonds is 57. The molecule has 0 fully saturated rings. The Morgan fingerprint density at radius 1 is 0.400 bits per heavy atom. The number of hydrogen-bond acceptors (Lipinski definition) is 8. The van der Waals surface area contributed by atoms with Crippen LogP contribution in [0.2, 0.25) is 0 Å². The molecular formula is C65H114NO8P. The first-order valence-corrected chi connectivity index (χ1v) is 32.2. The second kappa shape index (κ2) is 60.2. The molecule has 0 aliphatic heterocycles. The number of hydrogen-bond donors (Lipinski definition) is 2. The van der Waals surface area contributed by atoms with Crippen molar-refractivity contribution in [3.8, 4) is 0 Å². The highest BCUT2D eigenvalue weighted by molar-refractivity contribution is 7.47. The van der Waals surface area contributed by atoms with Crippen LogP contribution in [0.4, 0.5) is 0 Å². The van der Waals surface area contributed by atoms with Crippen LogP contribution in [0.15, 0.2) is 97.2 Å². The van der Waals surface area contributed by atoms with E-state index in [9.17, 15) is 19.0 Å². The van der Waals surface area contributed by atoms with E-state index >= 15 is 0 Å². The summed E-state index contributed by atoms with van der Waals surface area (Å²) in [4.78, 5) is 35.2. The molecule has 0 bridgehead atoms. The Labute approximate surface area is 461 Å². The molecule has 0 aliphatic carbocycles. The molecule has 0 saturated carbocycles. The van der Waals surface area contributed by atoms with Crippen molar-refractivity contribution in [3.63, 3.8) is 0 Å². The largest absolute Gasteiger partial charge is 0.472 e. The molecule has 2 atom stereocenters. The van der Waals surface area contributed by atoms with Crippen molar-refractivity contribution < 1.29 is 37.6 Å². The minimum absolute atomic E-state index is 0.0486. The Hall–Kier alpha value is -3.07. The van der Waals surface area contributed by atoms with Crippen molar-refractivity contribution in [2.24, 2.45) is 5.73 Å². The second-order valence-electron chi connectivity index (χ2n) is 20.2. The van der Waals surface area contributed by atoms with Gasteiger partial charge >= 0.3 is 19.8 Å². The number of carbonyl (C=O) groups excluding carboxylic acids is 2. The topological polar surface area (TPSA) is 134 Å². The zero-order valence-electron chi connectivity index (χ0n) is 48.3. The van der Waals surface area contributed by atoms with Gasteiger partial charge in [0.2, 0.25) is 0 Å². The third-order valence-electron chi connectivity index (χ3n) is 13.0. The predicted octanol–water partition coefficient (Wildman–Crippen LogP) is 19.6. The maximum atomic E-state index is 12.7. The summed E-state index contributed by atoms with van der Waals surface area (Å²) in [6.45, 7) is 3.52. The summed E-state index contributed by atoms with van der Waals surface area (Å²) in [7, 11) is -4.40. The van der Waals surface area contributed by atoms with E-state index in [1.165, 1.54) is 122 Å². The smallest absolute Gasteiger partial charge is 0.462 e. The molecule has 0 rings (SSSR count). The zero-order valence-corrected chi connectivity index (χ0v) is 49.2. The molecule has 0 amide bonds. The van der Waals surface area contributed by atoms with Gasteiger partial charge in [0.1, 0.15) is 6.61 Å². The molecule has 10 heteroatoms. The van der Waals surface area contributed by atoms with Crippen LogP contribution in [-0.2, 0) is 32.7 Å². The lowest BCUT2D eigenvalue weighted by Crippen LogP contribution is -2.29. The number of phosphoric acid groups is 1. The van der Waals surface area contributed by atoms with Crippen LogP contribution in [-0.4, -0.2) is 49.3 Å². The zero-order chi connectivity index (χ0) is 54.5. The lowest BCUT2D eigenvalue weighted by molar-refractivity contribution is -0.161. The lowest BCUT2D eigenvalue weighted by atomic mass is 10.0. The third kappa shape index (κ3) is 60.0. The standard InChI is InChI=1S/C65H114NO8P/c1-3-5-7-9-11-13-15-17-19-21-23-24-25-26-27-28-29-30-31-32-33-34-35-36-37-38-40-42-44-46-48-50-52-54-56-58-65(68)74-63(62-73-75(69,70)72-60-59-66)61-71-64(67)57-55-53-51-49-47-45-43-41-39-22-20-18-16-14-12-10-8-6-4-2/h5-8,11-14,17-20,23-24,39,41,63H,3-4,9-10,15-16,21-22,25-38,40,42-62,66H2,1-2H3,(H,69,70)/b7-5-,8-6-,13-11-,14-12-,19-17-,20-18-,24-23-,41-39-. The van der Waals surface area contributed by atoms with Gasteiger partial charge in [0.25, 0.3) is 0 Å². The van der Waals surface area contributed by atoms with Gasteiger partial charge in [0.05, 0.1) is 13.2 Å². The molecule has 0 aliphatic rings. The van der Waals surface area contributed by atoms with Gasteiger partial charge in [0.15, 0.2) is 6.10 Å². The molecule has 0 saturated heterocycles. The Balaban J connectivity index is 3.88. The molecular weight excluding hydrogens is 954 g/mol. The summed E-state index contributed by atoms with van der Waals surface area (Å²) in [5, 5.41) is 0. The monoisotopic (exact) mass is 1070 g/mol. The number of ether oxygens (including phenoxy) is 2. The third-order valence-corrected chi connectivity index (χ3v) is 13.9. The lowest BCUT2D eigenvalue weighted by Gasteiger charge is -2.19. The molecule has 3 N–H and O–H groups in total. The average molecular weight is 1070 g/mol. The first-order chi connectivity index (χ1) is 36.8. The summed E-state index contributed by atoms with van der Waals surface area (Å²) in [6.07, 6.45) is 80.5. The molecule has 75 heavy (non-hydrogen) atoms. The first kappa shape index (κ1) is 71.9. The van der Waals surface area contributed by atoms with Gasteiger partial charge in [-0.15, -0.1) is 0 Å². The number of carbonyl (C=O) groups is 2. The highest BCUT2D eigenvalue weighted by Crippen LogP contribution is 2.43. The number of phosphoric ester groups is 1. The van der Waals surface area contributed by atoms with Crippen molar-refractivity contribution >= 4 is 19.8 Å². The Morgan fingerprint density at radius 2 is 0.693 bits per heavy atom. The summed E-state index contributed by atoms with van der Waals surface area (Å²) in [6, 6.07) is 0. The fourth-order valence-electron chi connectivity index (χ4n) is 8.50. The highest BCUT2D eigenvalue weighted by atomic mass is 31.2. The van der Waals surface area contributed by atoms with Crippen LogP contribution in [0.3, 0.4) is 0 Å². The van der Waals surface area contributed by atoms with Gasteiger partial charge in [-0.1, -0.05) is 265 Å². The normalized spacial score (nSPS) is 13.7. The van der Waals surface area contributed by atoms with Crippen molar-refractivity contribution in [1.29, 1.82) is 0 Å². The van der Waals surface area contributed by atoms with E-state index in [0.29, 0.717) is 12.8 Å². The SMILES string of the molecule is CC/C=C\C/C=C\C/C=C\C/C=C\CCCCCCCCCCCCCCCCCCCCCCCCC(=O)OC(COC(=O)CCCCCCCC/C=C\C/C=C\C/C=C\C/C=C\CC)COP(=O)(O)OCCN. The van der Waals surface area contributed by atoms with Crippen LogP contribution < -0.4 is 5.73 Å². The molecule has 432 valence electrons. The Bertz CT molecular complexity index is 1550. The van der Waals surface area contributed by atoms with E-state index in [1.54, 1.807) is 0 Å². The van der Waals surface area contributed by atoms with Gasteiger partial charge in [0, 0.05) is 19.4 Å². The quantitative estimate of drug-likeness (QED) is 0.0264.